The molecule has 0 fully saturated rings. The molecule has 2 N–H and O–H groups in total. The highest BCUT2D eigenvalue weighted by atomic mass is 19.4. The number of carbonyl (C=O) groups is 1. The van der Waals surface area contributed by atoms with E-state index in [1.165, 1.54) is 30.3 Å². The molecule has 0 aromatic heterocycles. The third-order valence-electron chi connectivity index (χ3n) is 3.98. The lowest BCUT2D eigenvalue weighted by atomic mass is 10.0. The number of carbonyl (C=O) groups excluding carboxylic acids is 1. The number of hydrogen-bond donors (Lipinski definition) is 2. The Morgan fingerprint density at radius 2 is 1.93 bits per heavy atom. The first-order valence-electron chi connectivity index (χ1n) is 7.85. The zero-order valence-corrected chi connectivity index (χ0v) is 13.8. The molecular formula is C18H14F4N2O3. The molecule has 2 aromatic carbocycles. The molecule has 3 rings (SSSR count). The van der Waals surface area contributed by atoms with Gasteiger partial charge in [-0.25, -0.2) is 4.39 Å². The van der Waals surface area contributed by atoms with Crippen LogP contribution in [0.15, 0.2) is 53.7 Å². The Labute approximate surface area is 151 Å². The lowest BCUT2D eigenvalue weighted by Gasteiger charge is -2.22. The maximum absolute atomic E-state index is 13.1. The van der Waals surface area contributed by atoms with Crippen molar-refractivity contribution in [3.8, 4) is 0 Å². The van der Waals surface area contributed by atoms with Gasteiger partial charge in [-0.15, -0.1) is 0 Å². The number of halogens is 4. The second-order valence-corrected chi connectivity index (χ2v) is 5.98. The first-order valence-corrected chi connectivity index (χ1v) is 7.85. The molecule has 0 bridgehead atoms. The van der Waals surface area contributed by atoms with Crippen molar-refractivity contribution in [3.05, 3.63) is 71.0 Å². The summed E-state index contributed by atoms with van der Waals surface area (Å²) in [5.74, 6) is -4.30. The molecule has 0 saturated heterocycles. The van der Waals surface area contributed by atoms with E-state index in [9.17, 15) is 27.5 Å². The van der Waals surface area contributed by atoms with Gasteiger partial charge in [0.2, 0.25) is 0 Å². The summed E-state index contributed by atoms with van der Waals surface area (Å²) in [5, 5.41) is 15.4. The smallest absolute Gasteiger partial charge is 0.350 e. The van der Waals surface area contributed by atoms with Gasteiger partial charge in [-0.3, -0.25) is 4.79 Å². The molecular weight excluding hydrogens is 368 g/mol. The minimum Gasteiger partial charge on any atom is -0.350 e. The van der Waals surface area contributed by atoms with Gasteiger partial charge in [-0.2, -0.15) is 13.2 Å². The molecule has 27 heavy (non-hydrogen) atoms. The molecule has 9 heteroatoms. The molecule has 142 valence electrons. The average Bonchev–Trinajstić information content (AvgIpc) is 3.04. The van der Waals surface area contributed by atoms with Crippen molar-refractivity contribution >= 4 is 11.6 Å². The Morgan fingerprint density at radius 1 is 1.22 bits per heavy atom. The Balaban J connectivity index is 1.61. The van der Waals surface area contributed by atoms with Crippen molar-refractivity contribution in [1.82, 2.24) is 5.32 Å². The minimum absolute atomic E-state index is 0.0369. The van der Waals surface area contributed by atoms with E-state index in [-0.39, 0.29) is 17.8 Å². The fourth-order valence-electron chi connectivity index (χ4n) is 2.46. The van der Waals surface area contributed by atoms with Gasteiger partial charge >= 0.3 is 12.0 Å². The minimum atomic E-state index is -4.96. The molecule has 0 aliphatic carbocycles. The van der Waals surface area contributed by atoms with E-state index in [1.807, 2.05) is 0 Å². The van der Waals surface area contributed by atoms with E-state index in [4.69, 9.17) is 0 Å². The summed E-state index contributed by atoms with van der Waals surface area (Å²) >= 11 is 0. The van der Waals surface area contributed by atoms with Gasteiger partial charge in [0.15, 0.2) is 0 Å². The average molecular weight is 382 g/mol. The molecule has 1 amide bonds. The standard InChI is InChI=1S/C18H14F4N2O3/c19-14-3-1-2-13(8-14)16(25)23-10-11-4-6-12(7-5-11)15-9-17(26,27-24-15)18(20,21)22/h1-8,26H,9-10H2,(H,23,25). The topological polar surface area (TPSA) is 70.9 Å². The van der Waals surface area contributed by atoms with E-state index in [1.54, 1.807) is 12.1 Å². The lowest BCUT2D eigenvalue weighted by Crippen LogP contribution is -2.45. The molecule has 0 saturated carbocycles. The summed E-state index contributed by atoms with van der Waals surface area (Å²) in [4.78, 5) is 16.1. The fraction of sp³-hybridized carbons (Fsp3) is 0.222. The second kappa shape index (κ2) is 6.99. The lowest BCUT2D eigenvalue weighted by molar-refractivity contribution is -0.355. The first kappa shape index (κ1) is 18.8. The van der Waals surface area contributed by atoms with Gasteiger partial charge in [0.1, 0.15) is 5.82 Å². The number of amides is 1. The van der Waals surface area contributed by atoms with Crippen LogP contribution in [0.1, 0.15) is 27.9 Å². The molecule has 1 aliphatic rings. The summed E-state index contributed by atoms with van der Waals surface area (Å²) in [6.45, 7) is 0.144. The van der Waals surface area contributed by atoms with Crippen molar-refractivity contribution in [2.45, 2.75) is 24.9 Å². The fourth-order valence-corrected chi connectivity index (χ4v) is 2.46. The highest BCUT2D eigenvalue weighted by Crippen LogP contribution is 2.38. The number of aliphatic hydroxyl groups is 1. The van der Waals surface area contributed by atoms with Crippen LogP contribution in [0.2, 0.25) is 0 Å². The van der Waals surface area contributed by atoms with Gasteiger partial charge in [0.05, 0.1) is 12.1 Å². The number of oxime groups is 1. The van der Waals surface area contributed by atoms with E-state index in [0.717, 1.165) is 6.07 Å². The Kier molecular flexibility index (Phi) is 4.88. The van der Waals surface area contributed by atoms with Crippen LogP contribution in [0.3, 0.4) is 0 Å². The van der Waals surface area contributed by atoms with Crippen LogP contribution >= 0.6 is 0 Å². The quantitative estimate of drug-likeness (QED) is 0.799. The van der Waals surface area contributed by atoms with E-state index >= 15 is 0 Å². The predicted octanol–water partition coefficient (Wildman–Crippen LogP) is 3.13. The zero-order valence-electron chi connectivity index (χ0n) is 13.8. The van der Waals surface area contributed by atoms with Crippen molar-refractivity contribution < 1.29 is 32.3 Å². The van der Waals surface area contributed by atoms with Crippen LogP contribution < -0.4 is 5.32 Å². The summed E-state index contributed by atoms with van der Waals surface area (Å²) in [6.07, 6.45) is -5.77. The Hall–Kier alpha value is -2.94. The monoisotopic (exact) mass is 382 g/mol. The molecule has 1 atom stereocenters. The zero-order chi connectivity index (χ0) is 19.7. The number of rotatable bonds is 4. The molecule has 1 aliphatic heterocycles. The number of alkyl halides is 3. The van der Waals surface area contributed by atoms with Crippen LogP contribution in [0.25, 0.3) is 0 Å². The van der Waals surface area contributed by atoms with Crippen LogP contribution in [0.4, 0.5) is 17.6 Å². The van der Waals surface area contributed by atoms with Gasteiger partial charge in [0.25, 0.3) is 5.91 Å². The number of hydrogen-bond acceptors (Lipinski definition) is 4. The summed E-state index contributed by atoms with van der Waals surface area (Å²) in [7, 11) is 0. The van der Waals surface area contributed by atoms with Crippen LogP contribution in [0.5, 0.6) is 0 Å². The molecule has 0 spiro atoms. The summed E-state index contributed by atoms with van der Waals surface area (Å²) in [5.41, 5.74) is 1.17. The maximum atomic E-state index is 13.1. The highest BCUT2D eigenvalue weighted by Gasteiger charge is 2.60. The first-order chi connectivity index (χ1) is 12.7. The van der Waals surface area contributed by atoms with Crippen LogP contribution in [-0.4, -0.2) is 28.7 Å². The van der Waals surface area contributed by atoms with Crippen molar-refractivity contribution in [1.29, 1.82) is 0 Å². The van der Waals surface area contributed by atoms with Crippen LogP contribution in [0, 0.1) is 5.82 Å². The molecule has 2 aromatic rings. The highest BCUT2D eigenvalue weighted by molar-refractivity contribution is 6.01. The normalized spacial score (nSPS) is 19.4. The number of nitrogens with one attached hydrogen (secondary N) is 1. The van der Waals surface area contributed by atoms with Crippen molar-refractivity contribution in [2.75, 3.05) is 0 Å². The van der Waals surface area contributed by atoms with Crippen molar-refractivity contribution in [2.24, 2.45) is 5.16 Å². The molecule has 5 nitrogen and oxygen atoms in total. The Morgan fingerprint density at radius 3 is 2.52 bits per heavy atom. The maximum Gasteiger partial charge on any atom is 0.458 e. The van der Waals surface area contributed by atoms with E-state index in [0.29, 0.717) is 11.1 Å². The second-order valence-electron chi connectivity index (χ2n) is 5.98. The summed E-state index contributed by atoms with van der Waals surface area (Å²) in [6, 6.07) is 11.4. The molecule has 1 heterocycles. The van der Waals surface area contributed by atoms with Gasteiger partial charge in [0, 0.05) is 12.1 Å². The third-order valence-corrected chi connectivity index (χ3v) is 3.98. The molecule has 0 radical (unpaired) electrons. The van der Waals surface area contributed by atoms with Gasteiger partial charge in [-0.05, 0) is 29.3 Å². The SMILES string of the molecule is O=C(NCc1ccc(C2=NOC(O)(C(F)(F)F)C2)cc1)c1cccc(F)c1. The van der Waals surface area contributed by atoms with Crippen LogP contribution in [-0.2, 0) is 11.4 Å². The molecule has 1 unspecified atom stereocenters. The van der Waals surface area contributed by atoms with Crippen molar-refractivity contribution in [3.63, 3.8) is 0 Å². The number of benzene rings is 2. The van der Waals surface area contributed by atoms with Gasteiger partial charge in [-0.1, -0.05) is 35.5 Å². The van der Waals surface area contributed by atoms with E-state index in [2.05, 4.69) is 15.3 Å². The summed E-state index contributed by atoms with van der Waals surface area (Å²) < 4.78 is 51.3. The largest absolute Gasteiger partial charge is 0.458 e. The number of nitrogens with zero attached hydrogens (tertiary/aromatic N) is 1. The van der Waals surface area contributed by atoms with Gasteiger partial charge < -0.3 is 15.3 Å². The Bertz CT molecular complexity index is 881. The predicted molar refractivity (Wildman–Crippen MR) is 87.3 cm³/mol. The third kappa shape index (κ3) is 4.08. The van der Waals surface area contributed by atoms with E-state index < -0.39 is 30.1 Å².